The molecule has 1 aliphatic rings. The zero-order valence-corrected chi connectivity index (χ0v) is 17.1. The highest BCUT2D eigenvalue weighted by Crippen LogP contribution is 2.27. The molecular weight excluding hydrogens is 369 g/mol. The van der Waals surface area contributed by atoms with E-state index in [0.717, 1.165) is 59.2 Å². The van der Waals surface area contributed by atoms with Crippen molar-refractivity contribution in [2.75, 3.05) is 11.9 Å². The first-order valence-electron chi connectivity index (χ1n) is 9.69. The van der Waals surface area contributed by atoms with Gasteiger partial charge in [0.05, 0.1) is 10.7 Å². The van der Waals surface area contributed by atoms with Gasteiger partial charge in [-0.3, -0.25) is 4.99 Å². The molecule has 0 unspecified atom stereocenters. The van der Waals surface area contributed by atoms with Crippen LogP contribution < -0.4 is 5.32 Å². The first-order chi connectivity index (χ1) is 13.6. The van der Waals surface area contributed by atoms with Crippen molar-refractivity contribution in [3.8, 4) is 11.3 Å². The van der Waals surface area contributed by atoms with E-state index in [9.17, 15) is 4.39 Å². The highest BCUT2D eigenvalue weighted by atomic mass is 32.1. The number of thiazole rings is 1. The number of aliphatic imine (C=N–C) groups is 1. The highest BCUT2D eigenvalue weighted by Gasteiger charge is 2.13. The van der Waals surface area contributed by atoms with Gasteiger partial charge >= 0.3 is 0 Å². The Kier molecular flexibility index (Phi) is 5.53. The van der Waals surface area contributed by atoms with E-state index in [1.165, 1.54) is 5.56 Å². The first kappa shape index (κ1) is 18.8. The summed E-state index contributed by atoms with van der Waals surface area (Å²) in [5, 5.41) is 6.27. The van der Waals surface area contributed by atoms with Crippen LogP contribution in [0.15, 0.2) is 46.8 Å². The van der Waals surface area contributed by atoms with Crippen molar-refractivity contribution in [3.63, 3.8) is 0 Å². The second-order valence-electron chi connectivity index (χ2n) is 7.34. The van der Waals surface area contributed by atoms with Crippen molar-refractivity contribution >= 4 is 22.9 Å². The summed E-state index contributed by atoms with van der Waals surface area (Å²) in [4.78, 5) is 9.21. The van der Waals surface area contributed by atoms with Crippen LogP contribution in [0.2, 0.25) is 0 Å². The van der Waals surface area contributed by atoms with Gasteiger partial charge in [-0.05, 0) is 43.9 Å². The maximum absolute atomic E-state index is 14.7. The SMILES string of the molecule is Cc1ccc(-c2csc(Cc3cc(C)c(NC4=NCCCC4)cc3F)n2)cc1. The number of amidine groups is 1. The lowest BCUT2D eigenvalue weighted by Gasteiger charge is -2.16. The summed E-state index contributed by atoms with van der Waals surface area (Å²) in [6, 6.07) is 11.8. The van der Waals surface area contributed by atoms with Crippen LogP contribution in [0.25, 0.3) is 11.3 Å². The molecular formula is C23H24FN3S. The van der Waals surface area contributed by atoms with Crippen LogP contribution in [-0.2, 0) is 6.42 Å². The van der Waals surface area contributed by atoms with Gasteiger partial charge in [0.15, 0.2) is 0 Å². The molecule has 0 aliphatic carbocycles. The Morgan fingerprint density at radius 1 is 1.11 bits per heavy atom. The van der Waals surface area contributed by atoms with E-state index in [-0.39, 0.29) is 5.82 Å². The predicted molar refractivity (Wildman–Crippen MR) is 116 cm³/mol. The second kappa shape index (κ2) is 8.23. The Balaban J connectivity index is 1.51. The smallest absolute Gasteiger partial charge is 0.128 e. The van der Waals surface area contributed by atoms with Gasteiger partial charge in [0.2, 0.25) is 0 Å². The van der Waals surface area contributed by atoms with E-state index in [1.54, 1.807) is 17.4 Å². The molecule has 4 rings (SSSR count). The molecule has 2 heterocycles. The fourth-order valence-corrected chi connectivity index (χ4v) is 4.20. The fraction of sp³-hybridized carbons (Fsp3) is 0.304. The molecule has 0 bridgehead atoms. The largest absolute Gasteiger partial charge is 0.344 e. The number of benzene rings is 2. The zero-order chi connectivity index (χ0) is 19.5. The molecule has 28 heavy (non-hydrogen) atoms. The topological polar surface area (TPSA) is 37.3 Å². The maximum atomic E-state index is 14.7. The van der Waals surface area contributed by atoms with Crippen molar-refractivity contribution in [1.29, 1.82) is 0 Å². The van der Waals surface area contributed by atoms with Gasteiger partial charge in [-0.15, -0.1) is 11.3 Å². The van der Waals surface area contributed by atoms with Crippen molar-refractivity contribution in [2.24, 2.45) is 4.99 Å². The van der Waals surface area contributed by atoms with E-state index < -0.39 is 0 Å². The lowest BCUT2D eigenvalue weighted by Crippen LogP contribution is -2.17. The Hall–Kier alpha value is -2.53. The van der Waals surface area contributed by atoms with Crippen molar-refractivity contribution in [3.05, 3.63) is 69.3 Å². The van der Waals surface area contributed by atoms with Gasteiger partial charge in [-0.1, -0.05) is 35.9 Å². The van der Waals surface area contributed by atoms with E-state index in [2.05, 4.69) is 41.5 Å². The van der Waals surface area contributed by atoms with Gasteiger partial charge in [0.1, 0.15) is 11.7 Å². The standard InChI is InChI=1S/C23H24FN3S/c1-15-6-8-17(9-7-15)21-14-28-23(27-21)12-18-11-16(2)20(13-19(18)24)26-22-5-3-4-10-25-22/h6-9,11,13-14H,3-5,10,12H2,1-2H3,(H,25,26). The molecule has 0 amide bonds. The molecule has 2 aromatic carbocycles. The minimum absolute atomic E-state index is 0.198. The molecule has 0 spiro atoms. The average Bonchev–Trinajstić information content (AvgIpc) is 3.16. The molecule has 0 radical (unpaired) electrons. The molecule has 1 N–H and O–H groups in total. The van der Waals surface area contributed by atoms with Gasteiger partial charge < -0.3 is 5.32 Å². The van der Waals surface area contributed by atoms with Gasteiger partial charge in [-0.25, -0.2) is 9.37 Å². The number of anilines is 1. The third-order valence-electron chi connectivity index (χ3n) is 5.04. The predicted octanol–water partition coefficient (Wildman–Crippen LogP) is 6.15. The molecule has 3 aromatic rings. The highest BCUT2D eigenvalue weighted by molar-refractivity contribution is 7.10. The van der Waals surface area contributed by atoms with Gasteiger partial charge in [0, 0.05) is 36.0 Å². The second-order valence-corrected chi connectivity index (χ2v) is 8.28. The number of aryl methyl sites for hydroxylation is 2. The summed E-state index contributed by atoms with van der Waals surface area (Å²) in [7, 11) is 0. The Bertz CT molecular complexity index is 1010. The molecule has 0 saturated heterocycles. The maximum Gasteiger partial charge on any atom is 0.128 e. The van der Waals surface area contributed by atoms with E-state index in [1.807, 2.05) is 18.4 Å². The lowest BCUT2D eigenvalue weighted by molar-refractivity contribution is 0.614. The quantitative estimate of drug-likeness (QED) is 0.577. The summed E-state index contributed by atoms with van der Waals surface area (Å²) >= 11 is 1.58. The Morgan fingerprint density at radius 3 is 2.68 bits per heavy atom. The third kappa shape index (κ3) is 4.30. The van der Waals surface area contributed by atoms with Crippen LogP contribution in [0.5, 0.6) is 0 Å². The average molecular weight is 394 g/mol. The normalized spacial score (nSPS) is 14.0. The summed E-state index contributed by atoms with van der Waals surface area (Å²) in [5.74, 6) is 0.765. The first-order valence-corrected chi connectivity index (χ1v) is 10.6. The minimum atomic E-state index is -0.198. The molecule has 5 heteroatoms. The Labute approximate surface area is 169 Å². The van der Waals surface area contributed by atoms with Crippen LogP contribution in [0.3, 0.4) is 0 Å². The molecule has 3 nitrogen and oxygen atoms in total. The van der Waals surface area contributed by atoms with E-state index >= 15 is 0 Å². The summed E-state index contributed by atoms with van der Waals surface area (Å²) in [6.07, 6.45) is 3.71. The van der Waals surface area contributed by atoms with Crippen LogP contribution >= 0.6 is 11.3 Å². The number of halogens is 1. The zero-order valence-electron chi connectivity index (χ0n) is 16.3. The van der Waals surface area contributed by atoms with Crippen LogP contribution in [0.4, 0.5) is 10.1 Å². The number of nitrogens with one attached hydrogen (secondary N) is 1. The number of aromatic nitrogens is 1. The summed E-state index contributed by atoms with van der Waals surface area (Å²) in [5.41, 5.74) is 5.78. The number of hydrogen-bond acceptors (Lipinski definition) is 4. The molecule has 144 valence electrons. The number of nitrogens with zero attached hydrogens (tertiary/aromatic N) is 2. The minimum Gasteiger partial charge on any atom is -0.344 e. The van der Waals surface area contributed by atoms with Crippen molar-refractivity contribution < 1.29 is 4.39 Å². The monoisotopic (exact) mass is 393 g/mol. The van der Waals surface area contributed by atoms with E-state index in [4.69, 9.17) is 4.98 Å². The fourth-order valence-electron chi connectivity index (χ4n) is 3.38. The number of rotatable bonds is 4. The molecule has 1 aromatic heterocycles. The lowest BCUT2D eigenvalue weighted by atomic mass is 10.1. The van der Waals surface area contributed by atoms with Crippen LogP contribution in [0.1, 0.15) is 41.0 Å². The molecule has 0 atom stereocenters. The van der Waals surface area contributed by atoms with Crippen LogP contribution in [-0.4, -0.2) is 17.4 Å². The number of hydrogen-bond donors (Lipinski definition) is 1. The summed E-state index contributed by atoms with van der Waals surface area (Å²) < 4.78 is 14.7. The Morgan fingerprint density at radius 2 is 1.93 bits per heavy atom. The molecule has 0 saturated carbocycles. The van der Waals surface area contributed by atoms with Crippen molar-refractivity contribution in [2.45, 2.75) is 39.5 Å². The molecule has 1 aliphatic heterocycles. The van der Waals surface area contributed by atoms with Gasteiger partial charge in [-0.2, -0.15) is 0 Å². The molecule has 0 fully saturated rings. The van der Waals surface area contributed by atoms with E-state index in [0.29, 0.717) is 12.0 Å². The third-order valence-corrected chi connectivity index (χ3v) is 5.89. The van der Waals surface area contributed by atoms with Gasteiger partial charge in [0.25, 0.3) is 0 Å². The summed E-state index contributed by atoms with van der Waals surface area (Å²) in [6.45, 7) is 4.93. The van der Waals surface area contributed by atoms with Crippen LogP contribution in [0, 0.1) is 19.7 Å². The van der Waals surface area contributed by atoms with Crippen molar-refractivity contribution in [1.82, 2.24) is 4.98 Å².